The van der Waals surface area contributed by atoms with Gasteiger partial charge in [-0.15, -0.1) is 11.3 Å². The van der Waals surface area contributed by atoms with Crippen LogP contribution in [0.25, 0.3) is 0 Å². The zero-order valence-electron chi connectivity index (χ0n) is 11.3. The number of aliphatic hydroxyl groups excluding tert-OH is 1. The molecule has 2 aromatic rings. The molecule has 0 spiro atoms. The van der Waals surface area contributed by atoms with Gasteiger partial charge in [0, 0.05) is 24.4 Å². The standard InChI is InChI=1S/C15H16N2O3S/c18-8-2-7-14(19)16-11-4-1-5-12(10-11)17-15(20)13-6-3-9-21-13/h1,3-6,9-10,18H,2,7-8H2,(H,16,19)(H,17,20). The number of benzene rings is 1. The number of thiophene rings is 1. The normalized spacial score (nSPS) is 10.1. The lowest BCUT2D eigenvalue weighted by molar-refractivity contribution is -0.116. The van der Waals surface area contributed by atoms with Gasteiger partial charge in [-0.2, -0.15) is 0 Å². The molecule has 0 aliphatic carbocycles. The number of nitrogens with one attached hydrogen (secondary N) is 2. The van der Waals surface area contributed by atoms with E-state index in [9.17, 15) is 9.59 Å². The highest BCUT2D eigenvalue weighted by molar-refractivity contribution is 7.12. The predicted octanol–water partition coefficient (Wildman–Crippen LogP) is 2.71. The number of hydrogen-bond acceptors (Lipinski definition) is 4. The first kappa shape index (κ1) is 15.2. The Labute approximate surface area is 126 Å². The van der Waals surface area contributed by atoms with Crippen LogP contribution in [0.2, 0.25) is 0 Å². The van der Waals surface area contributed by atoms with E-state index in [4.69, 9.17) is 5.11 Å². The second-order valence-corrected chi connectivity index (χ2v) is 5.34. The number of carbonyl (C=O) groups is 2. The molecular formula is C15H16N2O3S. The first-order valence-electron chi connectivity index (χ1n) is 6.54. The second-order valence-electron chi connectivity index (χ2n) is 4.39. The fourth-order valence-electron chi connectivity index (χ4n) is 1.74. The van der Waals surface area contributed by atoms with E-state index in [-0.39, 0.29) is 24.8 Å². The summed E-state index contributed by atoms with van der Waals surface area (Å²) in [4.78, 5) is 24.1. The Bertz CT molecular complexity index is 611. The first-order valence-corrected chi connectivity index (χ1v) is 7.42. The van der Waals surface area contributed by atoms with Gasteiger partial charge >= 0.3 is 0 Å². The van der Waals surface area contributed by atoms with Crippen molar-refractivity contribution in [3.8, 4) is 0 Å². The highest BCUT2D eigenvalue weighted by Crippen LogP contribution is 2.17. The van der Waals surface area contributed by atoms with Gasteiger partial charge in [-0.05, 0) is 36.1 Å². The van der Waals surface area contributed by atoms with E-state index in [2.05, 4.69) is 10.6 Å². The van der Waals surface area contributed by atoms with Gasteiger partial charge < -0.3 is 15.7 Å². The van der Waals surface area contributed by atoms with Crippen LogP contribution in [0.4, 0.5) is 11.4 Å². The zero-order chi connectivity index (χ0) is 15.1. The smallest absolute Gasteiger partial charge is 0.265 e. The fourth-order valence-corrected chi connectivity index (χ4v) is 2.36. The lowest BCUT2D eigenvalue weighted by Gasteiger charge is -2.08. The molecule has 0 aliphatic heterocycles. The summed E-state index contributed by atoms with van der Waals surface area (Å²) in [7, 11) is 0. The fraction of sp³-hybridized carbons (Fsp3) is 0.200. The van der Waals surface area contributed by atoms with Crippen molar-refractivity contribution in [1.29, 1.82) is 0 Å². The minimum absolute atomic E-state index is 0.00959. The van der Waals surface area contributed by atoms with E-state index in [0.29, 0.717) is 22.7 Å². The van der Waals surface area contributed by atoms with E-state index in [1.807, 2.05) is 11.4 Å². The van der Waals surface area contributed by atoms with Crippen molar-refractivity contribution < 1.29 is 14.7 Å². The predicted molar refractivity (Wildman–Crippen MR) is 83.7 cm³/mol. The van der Waals surface area contributed by atoms with Crippen molar-refractivity contribution in [2.75, 3.05) is 17.2 Å². The van der Waals surface area contributed by atoms with Crippen molar-refractivity contribution in [2.24, 2.45) is 0 Å². The number of anilines is 2. The summed E-state index contributed by atoms with van der Waals surface area (Å²) in [6.45, 7) is -0.00959. The van der Waals surface area contributed by atoms with Gasteiger partial charge in [-0.25, -0.2) is 0 Å². The van der Waals surface area contributed by atoms with Crippen LogP contribution < -0.4 is 10.6 Å². The van der Waals surface area contributed by atoms with Gasteiger partial charge in [-0.3, -0.25) is 9.59 Å². The molecule has 1 aromatic carbocycles. The van der Waals surface area contributed by atoms with Crippen molar-refractivity contribution in [3.05, 3.63) is 46.7 Å². The molecule has 2 rings (SSSR count). The summed E-state index contributed by atoms with van der Waals surface area (Å²) in [5.41, 5.74) is 1.23. The van der Waals surface area contributed by atoms with E-state index in [0.717, 1.165) is 0 Å². The van der Waals surface area contributed by atoms with Gasteiger partial charge in [0.25, 0.3) is 5.91 Å². The second kappa shape index (κ2) is 7.56. The van der Waals surface area contributed by atoms with Crippen molar-refractivity contribution in [1.82, 2.24) is 0 Å². The van der Waals surface area contributed by atoms with Crippen LogP contribution in [0.1, 0.15) is 22.5 Å². The summed E-state index contributed by atoms with van der Waals surface area (Å²) >= 11 is 1.37. The SMILES string of the molecule is O=C(CCCO)Nc1cccc(NC(=O)c2cccs2)c1. The molecule has 5 nitrogen and oxygen atoms in total. The van der Waals surface area contributed by atoms with Crippen LogP contribution >= 0.6 is 11.3 Å². The average Bonchev–Trinajstić information content (AvgIpc) is 3.00. The molecule has 1 heterocycles. The third-order valence-corrected chi connectivity index (χ3v) is 3.58. The Hall–Kier alpha value is -2.18. The molecule has 0 unspecified atom stereocenters. The lowest BCUT2D eigenvalue weighted by Crippen LogP contribution is -2.13. The molecule has 0 radical (unpaired) electrons. The lowest BCUT2D eigenvalue weighted by atomic mass is 10.2. The zero-order valence-corrected chi connectivity index (χ0v) is 12.2. The molecule has 0 bridgehead atoms. The van der Waals surface area contributed by atoms with Gasteiger partial charge in [0.1, 0.15) is 0 Å². The van der Waals surface area contributed by atoms with E-state index in [1.54, 1.807) is 30.3 Å². The number of carbonyl (C=O) groups excluding carboxylic acids is 2. The quantitative estimate of drug-likeness (QED) is 0.768. The highest BCUT2D eigenvalue weighted by Gasteiger charge is 2.08. The molecule has 0 saturated heterocycles. The Morgan fingerprint density at radius 3 is 2.52 bits per heavy atom. The van der Waals surface area contributed by atoms with Gasteiger partial charge in [-0.1, -0.05) is 12.1 Å². The summed E-state index contributed by atoms with van der Waals surface area (Å²) in [5, 5.41) is 16.0. The average molecular weight is 304 g/mol. The molecule has 0 aliphatic rings. The maximum Gasteiger partial charge on any atom is 0.265 e. The van der Waals surface area contributed by atoms with Crippen molar-refractivity contribution >= 4 is 34.5 Å². The van der Waals surface area contributed by atoms with Crippen LogP contribution in [0.3, 0.4) is 0 Å². The van der Waals surface area contributed by atoms with E-state index >= 15 is 0 Å². The minimum Gasteiger partial charge on any atom is -0.396 e. The van der Waals surface area contributed by atoms with Crippen LogP contribution in [0.15, 0.2) is 41.8 Å². The largest absolute Gasteiger partial charge is 0.396 e. The number of rotatable bonds is 6. The van der Waals surface area contributed by atoms with Crippen LogP contribution in [-0.2, 0) is 4.79 Å². The number of aliphatic hydroxyl groups is 1. The van der Waals surface area contributed by atoms with Crippen LogP contribution in [-0.4, -0.2) is 23.5 Å². The third kappa shape index (κ3) is 4.70. The Balaban J connectivity index is 1.97. The van der Waals surface area contributed by atoms with Crippen LogP contribution in [0.5, 0.6) is 0 Å². The molecule has 110 valence electrons. The monoisotopic (exact) mass is 304 g/mol. The third-order valence-electron chi connectivity index (χ3n) is 2.71. The first-order chi connectivity index (χ1) is 10.2. The molecule has 1 aromatic heterocycles. The Kier molecular flexibility index (Phi) is 5.48. The molecule has 21 heavy (non-hydrogen) atoms. The Morgan fingerprint density at radius 1 is 1.10 bits per heavy atom. The minimum atomic E-state index is -0.172. The molecular weight excluding hydrogens is 288 g/mol. The molecule has 0 atom stereocenters. The maximum absolute atomic E-state index is 11.9. The van der Waals surface area contributed by atoms with Gasteiger partial charge in [0.05, 0.1) is 4.88 Å². The van der Waals surface area contributed by atoms with Crippen molar-refractivity contribution in [2.45, 2.75) is 12.8 Å². The summed E-state index contributed by atoms with van der Waals surface area (Å²) in [5.74, 6) is -0.334. The summed E-state index contributed by atoms with van der Waals surface area (Å²) < 4.78 is 0. The molecule has 6 heteroatoms. The summed E-state index contributed by atoms with van der Waals surface area (Å²) in [6, 6.07) is 10.5. The van der Waals surface area contributed by atoms with E-state index < -0.39 is 0 Å². The molecule has 2 amide bonds. The molecule has 0 saturated carbocycles. The molecule has 3 N–H and O–H groups in total. The number of hydrogen-bond donors (Lipinski definition) is 3. The maximum atomic E-state index is 11.9. The van der Waals surface area contributed by atoms with E-state index in [1.165, 1.54) is 11.3 Å². The summed E-state index contributed by atoms with van der Waals surface area (Å²) in [6.07, 6.45) is 0.697. The molecule has 0 fully saturated rings. The van der Waals surface area contributed by atoms with Crippen molar-refractivity contribution in [3.63, 3.8) is 0 Å². The Morgan fingerprint density at radius 2 is 1.86 bits per heavy atom. The van der Waals surface area contributed by atoms with Crippen LogP contribution in [0, 0.1) is 0 Å². The highest BCUT2D eigenvalue weighted by atomic mass is 32.1. The van der Waals surface area contributed by atoms with Gasteiger partial charge in [0.15, 0.2) is 0 Å². The topological polar surface area (TPSA) is 78.4 Å². The number of amides is 2. The van der Waals surface area contributed by atoms with Gasteiger partial charge in [0.2, 0.25) is 5.91 Å².